The van der Waals surface area contributed by atoms with Gasteiger partial charge in [0.05, 0.1) is 5.41 Å². The molecular weight excluding hydrogens is 440 g/mol. The monoisotopic (exact) mass is 462 g/mol. The molecule has 0 saturated heterocycles. The molecule has 0 bridgehead atoms. The zero-order valence-corrected chi connectivity index (χ0v) is 19.5. The van der Waals surface area contributed by atoms with Gasteiger partial charge in [-0.15, -0.1) is 0 Å². The highest BCUT2D eigenvalue weighted by molar-refractivity contribution is 6.00. The molecule has 0 aromatic heterocycles. The third-order valence-corrected chi connectivity index (χ3v) is 7.96. The third-order valence-electron chi connectivity index (χ3n) is 7.96. The van der Waals surface area contributed by atoms with E-state index >= 15 is 0 Å². The van der Waals surface area contributed by atoms with Gasteiger partial charge in [0.15, 0.2) is 0 Å². The smallest absolute Gasteiger partial charge is 0.140 e. The molecule has 1 aliphatic carbocycles. The van der Waals surface area contributed by atoms with Crippen LogP contribution in [0.5, 0.6) is 11.5 Å². The van der Waals surface area contributed by atoms with Crippen LogP contribution in [-0.4, -0.2) is 0 Å². The number of hydrogen-bond acceptors (Lipinski definition) is 3. The molecule has 170 valence electrons. The van der Waals surface area contributed by atoms with Crippen LogP contribution in [0.3, 0.4) is 0 Å². The van der Waals surface area contributed by atoms with E-state index in [1.807, 2.05) is 12.1 Å². The molecule has 1 spiro atoms. The van der Waals surface area contributed by atoms with Gasteiger partial charge < -0.3 is 16.2 Å². The summed E-state index contributed by atoms with van der Waals surface area (Å²) in [5, 5.41) is 4.48. The normalized spacial score (nSPS) is 14.2. The van der Waals surface area contributed by atoms with Crippen LogP contribution < -0.4 is 16.2 Å². The zero-order chi connectivity index (χ0) is 24.0. The second kappa shape index (κ2) is 6.67. The number of nitrogens with two attached hydrogens (primary N) is 2. The Bertz CT molecular complexity index is 1760. The zero-order valence-electron chi connectivity index (χ0n) is 19.5. The predicted molar refractivity (Wildman–Crippen MR) is 148 cm³/mol. The van der Waals surface area contributed by atoms with Gasteiger partial charge in [-0.3, -0.25) is 0 Å². The average molecular weight is 463 g/mol. The van der Waals surface area contributed by atoms with Gasteiger partial charge in [-0.1, -0.05) is 84.9 Å². The quantitative estimate of drug-likeness (QED) is 0.228. The molecule has 0 unspecified atom stereocenters. The Morgan fingerprint density at radius 1 is 0.472 bits per heavy atom. The van der Waals surface area contributed by atoms with E-state index in [2.05, 4.69) is 97.1 Å². The summed E-state index contributed by atoms with van der Waals surface area (Å²) >= 11 is 0. The number of fused-ring (bicyclic) bond motifs is 13. The van der Waals surface area contributed by atoms with Crippen LogP contribution in [0.4, 0.5) is 11.4 Å². The molecule has 6 aromatic carbocycles. The molecule has 0 fully saturated rings. The summed E-state index contributed by atoms with van der Waals surface area (Å²) in [7, 11) is 0. The lowest BCUT2D eigenvalue weighted by atomic mass is 9.65. The van der Waals surface area contributed by atoms with Crippen molar-refractivity contribution in [1.82, 2.24) is 0 Å². The van der Waals surface area contributed by atoms with Crippen molar-refractivity contribution < 1.29 is 4.74 Å². The van der Waals surface area contributed by atoms with Crippen LogP contribution in [0.25, 0.3) is 32.7 Å². The molecule has 3 heteroatoms. The van der Waals surface area contributed by atoms with Gasteiger partial charge in [0.25, 0.3) is 0 Å². The highest BCUT2D eigenvalue weighted by Crippen LogP contribution is 2.64. The maximum absolute atomic E-state index is 6.92. The lowest BCUT2D eigenvalue weighted by Gasteiger charge is -2.40. The van der Waals surface area contributed by atoms with Gasteiger partial charge in [0, 0.05) is 33.3 Å². The molecule has 0 amide bonds. The Morgan fingerprint density at radius 2 is 0.944 bits per heavy atom. The maximum atomic E-state index is 6.92. The predicted octanol–water partition coefficient (Wildman–Crippen LogP) is 7.63. The van der Waals surface area contributed by atoms with Crippen molar-refractivity contribution in [2.75, 3.05) is 11.5 Å². The lowest BCUT2D eigenvalue weighted by Crippen LogP contribution is -2.32. The largest absolute Gasteiger partial charge is 0.455 e. The minimum absolute atomic E-state index is 0.605. The Hall–Kier alpha value is -4.76. The van der Waals surface area contributed by atoms with E-state index < -0.39 is 5.41 Å². The van der Waals surface area contributed by atoms with Gasteiger partial charge in [0.2, 0.25) is 0 Å². The van der Waals surface area contributed by atoms with Crippen molar-refractivity contribution in [2.45, 2.75) is 5.41 Å². The second-order valence-corrected chi connectivity index (χ2v) is 9.79. The fourth-order valence-corrected chi connectivity index (χ4v) is 6.48. The highest BCUT2D eigenvalue weighted by Gasteiger charge is 2.52. The first-order valence-corrected chi connectivity index (χ1v) is 12.2. The second-order valence-electron chi connectivity index (χ2n) is 9.79. The van der Waals surface area contributed by atoms with Crippen molar-refractivity contribution in [2.24, 2.45) is 0 Å². The summed E-state index contributed by atoms with van der Waals surface area (Å²) in [6, 6.07) is 38.2. The molecular formula is C33H22N2O. The number of benzene rings is 6. The molecule has 0 radical (unpaired) electrons. The van der Waals surface area contributed by atoms with Crippen molar-refractivity contribution in [3.63, 3.8) is 0 Å². The van der Waals surface area contributed by atoms with Crippen molar-refractivity contribution >= 4 is 32.9 Å². The van der Waals surface area contributed by atoms with E-state index in [0.29, 0.717) is 0 Å². The summed E-state index contributed by atoms with van der Waals surface area (Å²) < 4.78 is 6.92. The van der Waals surface area contributed by atoms with E-state index in [1.165, 1.54) is 22.3 Å². The number of anilines is 2. The van der Waals surface area contributed by atoms with Crippen molar-refractivity contribution in [1.29, 1.82) is 0 Å². The Morgan fingerprint density at radius 3 is 1.44 bits per heavy atom. The Labute approximate surface area is 208 Å². The molecule has 8 rings (SSSR count). The number of hydrogen-bond donors (Lipinski definition) is 2. The summed E-state index contributed by atoms with van der Waals surface area (Å²) in [6.45, 7) is 0. The minimum atomic E-state index is -0.605. The number of nitrogen functional groups attached to an aromatic ring is 2. The van der Waals surface area contributed by atoms with Gasteiger partial charge >= 0.3 is 0 Å². The number of rotatable bonds is 0. The van der Waals surface area contributed by atoms with Crippen LogP contribution in [0.2, 0.25) is 0 Å². The minimum Gasteiger partial charge on any atom is -0.455 e. The van der Waals surface area contributed by atoms with Crippen molar-refractivity contribution in [3.05, 3.63) is 131 Å². The van der Waals surface area contributed by atoms with Gasteiger partial charge in [-0.25, -0.2) is 0 Å². The average Bonchev–Trinajstić information content (AvgIpc) is 3.18. The van der Waals surface area contributed by atoms with E-state index in [4.69, 9.17) is 16.2 Å². The van der Waals surface area contributed by atoms with Crippen LogP contribution in [0, 0.1) is 0 Å². The van der Waals surface area contributed by atoms with E-state index in [9.17, 15) is 0 Å². The SMILES string of the molecule is Nc1ccc2c(c1)C1(c3cc(N)ccc3-2)c2ccc3ccccc3c2Oc2c1ccc1ccccc21. The Kier molecular flexibility index (Phi) is 3.62. The van der Waals surface area contributed by atoms with Gasteiger partial charge in [0.1, 0.15) is 11.5 Å². The van der Waals surface area contributed by atoms with Crippen LogP contribution in [0.1, 0.15) is 22.3 Å². The molecule has 4 N–H and O–H groups in total. The molecule has 0 atom stereocenters. The van der Waals surface area contributed by atoms with Crippen LogP contribution >= 0.6 is 0 Å². The molecule has 1 heterocycles. The number of ether oxygens (including phenoxy) is 1. The molecule has 36 heavy (non-hydrogen) atoms. The first-order valence-electron chi connectivity index (χ1n) is 12.2. The van der Waals surface area contributed by atoms with Crippen molar-refractivity contribution in [3.8, 4) is 22.6 Å². The van der Waals surface area contributed by atoms with Crippen LogP contribution in [-0.2, 0) is 5.41 Å². The maximum Gasteiger partial charge on any atom is 0.140 e. The Balaban J connectivity index is 1.64. The first-order chi connectivity index (χ1) is 17.7. The fraction of sp³-hybridized carbons (Fsp3) is 0.0303. The molecule has 0 saturated carbocycles. The summed E-state index contributed by atoms with van der Waals surface area (Å²) in [5.74, 6) is 1.78. The summed E-state index contributed by atoms with van der Waals surface area (Å²) in [5.41, 5.74) is 20.7. The highest BCUT2D eigenvalue weighted by atomic mass is 16.5. The molecule has 6 aromatic rings. The third kappa shape index (κ3) is 2.28. The standard InChI is InChI=1S/C33H22N2O/c34-21-11-13-25-26-14-12-22(35)18-30(26)33(29(25)17-21)27-15-9-19-5-1-3-7-23(19)31(27)36-32-24-8-4-2-6-20(24)10-16-28(32)33/h1-18H,34-35H2. The van der Waals surface area contributed by atoms with Gasteiger partial charge in [-0.05, 0) is 57.3 Å². The van der Waals surface area contributed by atoms with E-state index in [0.717, 1.165) is 55.5 Å². The fourth-order valence-electron chi connectivity index (χ4n) is 6.48. The van der Waals surface area contributed by atoms with Gasteiger partial charge in [-0.2, -0.15) is 0 Å². The molecule has 3 nitrogen and oxygen atoms in total. The van der Waals surface area contributed by atoms with Crippen LogP contribution in [0.15, 0.2) is 109 Å². The topological polar surface area (TPSA) is 61.3 Å². The summed E-state index contributed by atoms with van der Waals surface area (Å²) in [4.78, 5) is 0. The lowest BCUT2D eigenvalue weighted by molar-refractivity contribution is 0.447. The van der Waals surface area contributed by atoms with E-state index in [1.54, 1.807) is 0 Å². The molecule has 1 aliphatic heterocycles. The molecule has 2 aliphatic rings. The van der Waals surface area contributed by atoms with E-state index in [-0.39, 0.29) is 0 Å². The summed E-state index contributed by atoms with van der Waals surface area (Å²) in [6.07, 6.45) is 0. The first kappa shape index (κ1) is 19.5.